The van der Waals surface area contributed by atoms with E-state index in [0.717, 1.165) is 50.1 Å². The predicted molar refractivity (Wildman–Crippen MR) is 106 cm³/mol. The summed E-state index contributed by atoms with van der Waals surface area (Å²) in [4.78, 5) is 23.0. The number of thiocarbonyl (C=S) groups is 1. The number of aliphatic imine (C=N–C) groups is 1. The molecule has 1 N–H and O–H groups in total. The molecular formula is C18H26N6OS. The van der Waals surface area contributed by atoms with Crippen LogP contribution in [0.4, 0.5) is 0 Å². The molecule has 4 rings (SSSR count). The van der Waals surface area contributed by atoms with Crippen LogP contribution in [0.15, 0.2) is 22.4 Å². The fourth-order valence-electron chi connectivity index (χ4n) is 3.98. The lowest BCUT2D eigenvalue weighted by molar-refractivity contribution is -0.129. The molecule has 1 atom stereocenters. The van der Waals surface area contributed by atoms with Gasteiger partial charge in [-0.3, -0.25) is 20.1 Å². The minimum Gasteiger partial charge on any atom is -0.345 e. The van der Waals surface area contributed by atoms with Crippen molar-refractivity contribution in [2.45, 2.75) is 44.7 Å². The molecule has 0 aromatic carbocycles. The van der Waals surface area contributed by atoms with E-state index in [1.807, 2.05) is 11.0 Å². The summed E-state index contributed by atoms with van der Waals surface area (Å²) in [6.45, 7) is 6.37. The van der Waals surface area contributed by atoms with E-state index < -0.39 is 0 Å². The highest BCUT2D eigenvalue weighted by atomic mass is 32.1. The molecule has 0 aromatic rings. The molecule has 140 valence electrons. The first-order chi connectivity index (χ1) is 12.6. The van der Waals surface area contributed by atoms with E-state index in [0.29, 0.717) is 18.1 Å². The highest BCUT2D eigenvalue weighted by Crippen LogP contribution is 2.27. The summed E-state index contributed by atoms with van der Waals surface area (Å²) in [7, 11) is 0. The smallest absolute Gasteiger partial charge is 0.220 e. The van der Waals surface area contributed by atoms with Gasteiger partial charge in [0.25, 0.3) is 0 Å². The summed E-state index contributed by atoms with van der Waals surface area (Å²) >= 11 is 5.54. The number of hydrogen-bond donors (Lipinski definition) is 1. The predicted octanol–water partition coefficient (Wildman–Crippen LogP) is 0.976. The number of fused-ring (bicyclic) bond motifs is 1. The van der Waals surface area contributed by atoms with Crippen LogP contribution < -0.4 is 5.43 Å². The Morgan fingerprint density at radius 3 is 2.73 bits per heavy atom. The molecule has 2 saturated heterocycles. The standard InChI is InChI=1S/C18H26N6OS/c1-13(25)24-8-6-15(17-16(24)3-2-7-19-17)20-21-18(26)23-11-9-22(10-12-23)14-4-5-14/h2,7,14,16H,3-6,8-12H2,1H3,(H,21,26)/b20-15-. The number of hydrogen-bond acceptors (Lipinski definition) is 5. The first-order valence-corrected chi connectivity index (χ1v) is 9.90. The average molecular weight is 375 g/mol. The van der Waals surface area contributed by atoms with Gasteiger partial charge in [-0.05, 0) is 31.5 Å². The molecule has 0 bridgehead atoms. The molecule has 0 aromatic heterocycles. The number of piperazine rings is 1. The number of hydrazone groups is 1. The third-order valence-electron chi connectivity index (χ3n) is 5.61. The second kappa shape index (κ2) is 7.44. The van der Waals surface area contributed by atoms with Gasteiger partial charge in [-0.25, -0.2) is 0 Å². The molecule has 3 fully saturated rings. The molecule has 26 heavy (non-hydrogen) atoms. The van der Waals surface area contributed by atoms with Crippen molar-refractivity contribution < 1.29 is 4.79 Å². The van der Waals surface area contributed by atoms with Crippen molar-refractivity contribution in [3.8, 4) is 0 Å². The monoisotopic (exact) mass is 374 g/mol. The molecule has 1 amide bonds. The zero-order chi connectivity index (χ0) is 18.1. The zero-order valence-corrected chi connectivity index (χ0v) is 16.0. The lowest BCUT2D eigenvalue weighted by Gasteiger charge is -2.38. The summed E-state index contributed by atoms with van der Waals surface area (Å²) in [5, 5.41) is 5.26. The van der Waals surface area contributed by atoms with Crippen molar-refractivity contribution in [1.29, 1.82) is 0 Å². The largest absolute Gasteiger partial charge is 0.345 e. The maximum atomic E-state index is 11.9. The third kappa shape index (κ3) is 3.66. The van der Waals surface area contributed by atoms with Crippen molar-refractivity contribution in [2.75, 3.05) is 32.7 Å². The van der Waals surface area contributed by atoms with Crippen molar-refractivity contribution in [1.82, 2.24) is 20.1 Å². The minimum absolute atomic E-state index is 0.00228. The Morgan fingerprint density at radius 1 is 1.27 bits per heavy atom. The summed E-state index contributed by atoms with van der Waals surface area (Å²) in [6.07, 6.45) is 8.01. The van der Waals surface area contributed by atoms with Gasteiger partial charge >= 0.3 is 0 Å². The average Bonchev–Trinajstić information content (AvgIpc) is 3.51. The lowest BCUT2D eigenvalue weighted by atomic mass is 9.93. The van der Waals surface area contributed by atoms with Gasteiger partial charge in [-0.2, -0.15) is 5.10 Å². The Morgan fingerprint density at radius 2 is 2.04 bits per heavy atom. The van der Waals surface area contributed by atoms with Crippen LogP contribution in [0.2, 0.25) is 0 Å². The van der Waals surface area contributed by atoms with E-state index in [1.165, 1.54) is 12.8 Å². The molecule has 1 saturated carbocycles. The number of likely N-dealkylation sites (tertiary alicyclic amines) is 1. The molecule has 0 radical (unpaired) electrons. The van der Waals surface area contributed by atoms with Gasteiger partial charge in [-0.1, -0.05) is 6.08 Å². The molecular weight excluding hydrogens is 348 g/mol. The van der Waals surface area contributed by atoms with Gasteiger partial charge in [0.15, 0.2) is 5.11 Å². The highest BCUT2D eigenvalue weighted by Gasteiger charge is 2.34. The Bertz CT molecular complexity index is 675. The maximum absolute atomic E-state index is 11.9. The maximum Gasteiger partial charge on any atom is 0.220 e. The Hall–Kier alpha value is -1.80. The highest BCUT2D eigenvalue weighted by molar-refractivity contribution is 7.80. The van der Waals surface area contributed by atoms with Crippen LogP contribution in [0.1, 0.15) is 32.6 Å². The van der Waals surface area contributed by atoms with Crippen LogP contribution in [-0.4, -0.2) is 82.0 Å². The number of nitrogens with one attached hydrogen (secondary N) is 1. The minimum atomic E-state index is 0.00228. The lowest BCUT2D eigenvalue weighted by Crippen LogP contribution is -2.53. The number of carbonyl (C=O) groups is 1. The van der Waals surface area contributed by atoms with E-state index in [2.05, 4.69) is 25.3 Å². The first kappa shape index (κ1) is 17.6. The number of piperidine rings is 1. The normalized spacial score (nSPS) is 28.0. The number of nitrogens with zero attached hydrogens (tertiary/aromatic N) is 5. The molecule has 7 nitrogen and oxygen atoms in total. The van der Waals surface area contributed by atoms with Crippen LogP contribution in [0.3, 0.4) is 0 Å². The molecule has 1 unspecified atom stereocenters. The molecule has 1 aliphatic carbocycles. The van der Waals surface area contributed by atoms with Gasteiger partial charge in [0.2, 0.25) is 5.91 Å². The molecule has 3 heterocycles. The number of rotatable bonds is 2. The second-order valence-electron chi connectivity index (χ2n) is 7.34. The summed E-state index contributed by atoms with van der Waals surface area (Å²) in [6, 6.07) is 0.821. The van der Waals surface area contributed by atoms with Crippen LogP contribution in [0.5, 0.6) is 0 Å². The summed E-state index contributed by atoms with van der Waals surface area (Å²) < 4.78 is 0. The molecule has 8 heteroatoms. The Labute approximate surface area is 159 Å². The number of amides is 1. The second-order valence-corrected chi connectivity index (χ2v) is 7.73. The van der Waals surface area contributed by atoms with Crippen molar-refractivity contribution in [3.05, 3.63) is 12.3 Å². The van der Waals surface area contributed by atoms with Crippen molar-refractivity contribution >= 4 is 34.7 Å². The van der Waals surface area contributed by atoms with Gasteiger partial charge < -0.3 is 9.80 Å². The SMILES string of the molecule is CC(=O)N1CC/C(=N/NC(=S)N2CCN(C3CC3)CC2)C2=NC=CCC21. The molecule has 3 aliphatic heterocycles. The van der Waals surface area contributed by atoms with Crippen molar-refractivity contribution in [3.63, 3.8) is 0 Å². The van der Waals surface area contributed by atoms with Crippen LogP contribution in [0, 0.1) is 0 Å². The van der Waals surface area contributed by atoms with Gasteiger partial charge in [0.05, 0.1) is 17.5 Å². The van der Waals surface area contributed by atoms with E-state index >= 15 is 0 Å². The van der Waals surface area contributed by atoms with Crippen LogP contribution >= 0.6 is 12.2 Å². The van der Waals surface area contributed by atoms with Crippen LogP contribution in [0.25, 0.3) is 0 Å². The van der Waals surface area contributed by atoms with E-state index in [-0.39, 0.29) is 11.9 Å². The summed E-state index contributed by atoms with van der Waals surface area (Å²) in [5.74, 6) is 0.0917. The topological polar surface area (TPSA) is 63.5 Å². The van der Waals surface area contributed by atoms with Gasteiger partial charge in [0, 0.05) is 58.3 Å². The van der Waals surface area contributed by atoms with E-state index in [4.69, 9.17) is 12.2 Å². The third-order valence-corrected chi connectivity index (χ3v) is 5.96. The quantitative estimate of drug-likeness (QED) is 0.577. The number of carbonyl (C=O) groups excluding carboxylic acids is 1. The van der Waals surface area contributed by atoms with Gasteiger partial charge in [-0.15, -0.1) is 0 Å². The molecule has 4 aliphatic rings. The first-order valence-electron chi connectivity index (χ1n) is 9.49. The Balaban J connectivity index is 1.37. The molecule has 0 spiro atoms. The van der Waals surface area contributed by atoms with E-state index in [9.17, 15) is 4.79 Å². The van der Waals surface area contributed by atoms with Gasteiger partial charge in [0.1, 0.15) is 0 Å². The fraction of sp³-hybridized carbons (Fsp3) is 0.667. The zero-order valence-electron chi connectivity index (χ0n) is 15.2. The van der Waals surface area contributed by atoms with Crippen LogP contribution in [-0.2, 0) is 4.79 Å². The fourth-order valence-corrected chi connectivity index (χ4v) is 4.21. The van der Waals surface area contributed by atoms with E-state index in [1.54, 1.807) is 13.1 Å². The Kier molecular flexibility index (Phi) is 5.04. The van der Waals surface area contributed by atoms with Crippen molar-refractivity contribution in [2.24, 2.45) is 10.1 Å². The summed E-state index contributed by atoms with van der Waals surface area (Å²) in [5.41, 5.74) is 4.88.